The molecule has 0 bridgehead atoms. The molecule has 0 aliphatic carbocycles. The fraction of sp³-hybridized carbons (Fsp3) is 0.353. The summed E-state index contributed by atoms with van der Waals surface area (Å²) in [6.07, 6.45) is 9.51. The number of nitrogens with zero attached hydrogens (tertiary/aromatic N) is 1. The molecule has 0 saturated carbocycles. The second-order valence-electron chi connectivity index (χ2n) is 5.07. The Balaban J connectivity index is 2.07. The van der Waals surface area contributed by atoms with Crippen LogP contribution in [-0.2, 0) is 0 Å². The first kappa shape index (κ1) is 14.7. The van der Waals surface area contributed by atoms with Gasteiger partial charge in [-0.15, -0.1) is 6.58 Å². The zero-order valence-corrected chi connectivity index (χ0v) is 11.9. The van der Waals surface area contributed by atoms with E-state index in [1.807, 2.05) is 18.3 Å². The molecule has 0 fully saturated rings. The normalized spacial score (nSPS) is 12.4. The Labute approximate surface area is 120 Å². The number of hydrogen-bond donors (Lipinski definition) is 2. The molecule has 0 saturated heterocycles. The number of nitrogens with one attached hydrogen (secondary N) is 1. The summed E-state index contributed by atoms with van der Waals surface area (Å²) in [4.78, 5) is 4.50. The van der Waals surface area contributed by atoms with Crippen LogP contribution in [-0.4, -0.2) is 4.98 Å². The van der Waals surface area contributed by atoms with Crippen LogP contribution >= 0.6 is 0 Å². The molecule has 20 heavy (non-hydrogen) atoms. The Bertz CT molecular complexity index is 545. The molecule has 3 N–H and O–H groups in total. The minimum Gasteiger partial charge on any atom is -0.271 e. The number of pyridine rings is 1. The molecule has 0 spiro atoms. The van der Waals surface area contributed by atoms with Crippen LogP contribution in [0.3, 0.4) is 0 Å². The summed E-state index contributed by atoms with van der Waals surface area (Å²) in [5.74, 6) is 5.74. The average molecular weight is 269 g/mol. The molecule has 1 unspecified atom stereocenters. The number of para-hydroxylation sites is 1. The molecule has 0 amide bonds. The zero-order valence-electron chi connectivity index (χ0n) is 11.9. The van der Waals surface area contributed by atoms with Crippen molar-refractivity contribution in [3.05, 3.63) is 54.7 Å². The van der Waals surface area contributed by atoms with E-state index in [2.05, 4.69) is 41.3 Å². The van der Waals surface area contributed by atoms with Crippen LogP contribution < -0.4 is 11.3 Å². The van der Waals surface area contributed by atoms with Gasteiger partial charge < -0.3 is 0 Å². The zero-order chi connectivity index (χ0) is 14.2. The van der Waals surface area contributed by atoms with Crippen LogP contribution in [0.4, 0.5) is 0 Å². The van der Waals surface area contributed by atoms with Gasteiger partial charge in [-0.1, -0.05) is 43.2 Å². The minimum absolute atomic E-state index is 0.164. The molecule has 106 valence electrons. The first-order valence-corrected chi connectivity index (χ1v) is 7.27. The molecule has 0 aliphatic rings. The molecule has 1 atom stereocenters. The molecule has 0 aliphatic heterocycles. The van der Waals surface area contributed by atoms with Crippen molar-refractivity contribution < 1.29 is 0 Å². The number of hydrogen-bond acceptors (Lipinski definition) is 3. The van der Waals surface area contributed by atoms with E-state index >= 15 is 0 Å². The molecule has 1 aromatic carbocycles. The standard InChI is InChI=1S/C17H23N3/c1-2-3-4-5-6-12-16(20-18)15-11-7-9-14-10-8-13-19-17(14)15/h2,7-11,13,16,20H,1,3-6,12,18H2. The van der Waals surface area contributed by atoms with Crippen LogP contribution in [0, 0.1) is 0 Å². The lowest BCUT2D eigenvalue weighted by atomic mass is 9.98. The molecular weight excluding hydrogens is 246 g/mol. The summed E-state index contributed by atoms with van der Waals surface area (Å²) in [5.41, 5.74) is 5.18. The van der Waals surface area contributed by atoms with Crippen LogP contribution in [0.5, 0.6) is 0 Å². The SMILES string of the molecule is C=CCCCCCC(NN)c1cccc2cccnc12. The maximum absolute atomic E-state index is 5.74. The third kappa shape index (κ3) is 3.65. The quantitative estimate of drug-likeness (QED) is 0.331. The van der Waals surface area contributed by atoms with E-state index in [0.717, 1.165) is 30.2 Å². The van der Waals surface area contributed by atoms with Gasteiger partial charge in [0.1, 0.15) is 0 Å². The van der Waals surface area contributed by atoms with E-state index in [4.69, 9.17) is 5.84 Å². The van der Waals surface area contributed by atoms with Crippen molar-refractivity contribution in [3.8, 4) is 0 Å². The van der Waals surface area contributed by atoms with E-state index < -0.39 is 0 Å². The minimum atomic E-state index is 0.164. The fourth-order valence-corrected chi connectivity index (χ4v) is 2.55. The summed E-state index contributed by atoms with van der Waals surface area (Å²) < 4.78 is 0. The smallest absolute Gasteiger partial charge is 0.0750 e. The van der Waals surface area contributed by atoms with Crippen molar-refractivity contribution in [3.63, 3.8) is 0 Å². The Morgan fingerprint density at radius 1 is 1.20 bits per heavy atom. The van der Waals surface area contributed by atoms with Crippen molar-refractivity contribution in [1.29, 1.82) is 0 Å². The Hall–Kier alpha value is -1.71. The average Bonchev–Trinajstić information content (AvgIpc) is 2.51. The van der Waals surface area contributed by atoms with Crippen LogP contribution in [0.15, 0.2) is 49.2 Å². The van der Waals surface area contributed by atoms with Crippen LogP contribution in [0.25, 0.3) is 10.9 Å². The van der Waals surface area contributed by atoms with Crippen LogP contribution in [0.1, 0.15) is 43.7 Å². The van der Waals surface area contributed by atoms with Crippen molar-refractivity contribution in [2.45, 2.75) is 38.1 Å². The lowest BCUT2D eigenvalue weighted by Crippen LogP contribution is -2.28. The highest BCUT2D eigenvalue weighted by atomic mass is 15.2. The van der Waals surface area contributed by atoms with Gasteiger partial charge in [0.25, 0.3) is 0 Å². The molecule has 2 rings (SSSR count). The molecule has 2 aromatic rings. The summed E-state index contributed by atoms with van der Waals surface area (Å²) in [5, 5.41) is 1.16. The van der Waals surface area contributed by atoms with Gasteiger partial charge >= 0.3 is 0 Å². The van der Waals surface area contributed by atoms with E-state index in [0.29, 0.717) is 0 Å². The molecular formula is C17H23N3. The second-order valence-corrected chi connectivity index (χ2v) is 5.07. The predicted octanol–water partition coefficient (Wildman–Crippen LogP) is 3.88. The number of hydrazine groups is 1. The third-order valence-corrected chi connectivity index (χ3v) is 3.64. The number of fused-ring (bicyclic) bond motifs is 1. The van der Waals surface area contributed by atoms with Crippen molar-refractivity contribution in [2.75, 3.05) is 0 Å². The van der Waals surface area contributed by atoms with Crippen molar-refractivity contribution >= 4 is 10.9 Å². The maximum atomic E-state index is 5.74. The third-order valence-electron chi connectivity index (χ3n) is 3.64. The van der Waals surface area contributed by atoms with Gasteiger partial charge in [-0.25, -0.2) is 0 Å². The van der Waals surface area contributed by atoms with E-state index in [1.54, 1.807) is 0 Å². The van der Waals surface area contributed by atoms with E-state index in [1.165, 1.54) is 18.4 Å². The number of rotatable bonds is 8. The maximum Gasteiger partial charge on any atom is 0.0750 e. The van der Waals surface area contributed by atoms with E-state index in [-0.39, 0.29) is 6.04 Å². The molecule has 3 nitrogen and oxygen atoms in total. The highest BCUT2D eigenvalue weighted by Gasteiger charge is 2.13. The van der Waals surface area contributed by atoms with Gasteiger partial charge in [0, 0.05) is 17.6 Å². The fourth-order valence-electron chi connectivity index (χ4n) is 2.55. The Morgan fingerprint density at radius 3 is 2.85 bits per heavy atom. The van der Waals surface area contributed by atoms with Gasteiger partial charge in [-0.05, 0) is 30.9 Å². The number of aromatic nitrogens is 1. The van der Waals surface area contributed by atoms with E-state index in [9.17, 15) is 0 Å². The van der Waals surface area contributed by atoms with Crippen molar-refractivity contribution in [2.24, 2.45) is 5.84 Å². The summed E-state index contributed by atoms with van der Waals surface area (Å²) in [6, 6.07) is 10.5. The topological polar surface area (TPSA) is 50.9 Å². The largest absolute Gasteiger partial charge is 0.271 e. The van der Waals surface area contributed by atoms with Gasteiger partial charge in [-0.2, -0.15) is 0 Å². The summed E-state index contributed by atoms with van der Waals surface area (Å²) in [7, 11) is 0. The number of nitrogens with two attached hydrogens (primary N) is 1. The van der Waals surface area contributed by atoms with Gasteiger partial charge in [-0.3, -0.25) is 16.3 Å². The molecule has 3 heteroatoms. The second kappa shape index (κ2) is 7.78. The number of allylic oxidation sites excluding steroid dienone is 1. The Morgan fingerprint density at radius 2 is 2.05 bits per heavy atom. The highest BCUT2D eigenvalue weighted by molar-refractivity contribution is 5.81. The van der Waals surface area contributed by atoms with Gasteiger partial charge in [0.15, 0.2) is 0 Å². The number of unbranched alkanes of at least 4 members (excludes halogenated alkanes) is 3. The Kier molecular flexibility index (Phi) is 5.71. The predicted molar refractivity (Wildman–Crippen MR) is 85.1 cm³/mol. The number of benzene rings is 1. The first-order valence-electron chi connectivity index (χ1n) is 7.27. The molecule has 1 heterocycles. The summed E-state index contributed by atoms with van der Waals surface area (Å²) >= 11 is 0. The molecule has 0 radical (unpaired) electrons. The first-order chi connectivity index (χ1) is 9.86. The van der Waals surface area contributed by atoms with Crippen molar-refractivity contribution in [1.82, 2.24) is 10.4 Å². The summed E-state index contributed by atoms with van der Waals surface area (Å²) in [6.45, 7) is 3.75. The monoisotopic (exact) mass is 269 g/mol. The lowest BCUT2D eigenvalue weighted by Gasteiger charge is -2.17. The van der Waals surface area contributed by atoms with Gasteiger partial charge in [0.05, 0.1) is 5.52 Å². The molecule has 1 aromatic heterocycles. The van der Waals surface area contributed by atoms with Crippen LogP contribution in [0.2, 0.25) is 0 Å². The highest BCUT2D eigenvalue weighted by Crippen LogP contribution is 2.25. The van der Waals surface area contributed by atoms with Gasteiger partial charge in [0.2, 0.25) is 0 Å². The lowest BCUT2D eigenvalue weighted by molar-refractivity contribution is 0.486.